The number of hydrogen-bond donors (Lipinski definition) is 3. The summed E-state index contributed by atoms with van der Waals surface area (Å²) in [6.07, 6.45) is -6.16. The van der Waals surface area contributed by atoms with E-state index in [9.17, 15) is 24.9 Å². The molecule has 9 heteroatoms. The van der Waals surface area contributed by atoms with Gasteiger partial charge in [-0.15, -0.1) is 0 Å². The maximum Gasteiger partial charge on any atom is 0.350 e. The molecule has 186 valence electrons. The maximum absolute atomic E-state index is 12.3. The number of carbonyl (C=O) groups excluding carboxylic acids is 2. The molecule has 0 fully saturated rings. The van der Waals surface area contributed by atoms with E-state index in [-0.39, 0.29) is 25.2 Å². The molecule has 0 saturated carbocycles. The molecule has 0 amide bonds. The van der Waals surface area contributed by atoms with E-state index in [2.05, 4.69) is 0 Å². The molecule has 0 unspecified atom stereocenters. The molecule has 34 heavy (non-hydrogen) atoms. The number of aliphatic hydroxyl groups excluding tert-OH is 3. The zero-order chi connectivity index (χ0) is 24.9. The monoisotopic (exact) mass is 476 g/mol. The molecule has 0 aliphatic heterocycles. The zero-order valence-electron chi connectivity index (χ0n) is 19.3. The molecule has 0 spiro atoms. The Kier molecular flexibility index (Phi) is 11.5. The van der Waals surface area contributed by atoms with Crippen molar-refractivity contribution in [3.8, 4) is 5.75 Å². The Morgan fingerprint density at radius 3 is 2.21 bits per heavy atom. The first-order chi connectivity index (χ1) is 16.3. The Balaban J connectivity index is 1.85. The van der Waals surface area contributed by atoms with E-state index in [0.717, 1.165) is 11.3 Å². The average molecular weight is 477 g/mol. The largest absolute Gasteiger partial charge is 0.497 e. The van der Waals surface area contributed by atoms with Gasteiger partial charge in [0.2, 0.25) is 6.10 Å². The maximum atomic E-state index is 12.3. The number of hydrogen-bond acceptors (Lipinski definition) is 9. The van der Waals surface area contributed by atoms with Gasteiger partial charge < -0.3 is 34.3 Å². The van der Waals surface area contributed by atoms with Gasteiger partial charge in [0.25, 0.3) is 0 Å². The number of ether oxygens (including phenoxy) is 4. The molecule has 9 nitrogen and oxygen atoms in total. The topological polar surface area (TPSA) is 132 Å². The van der Waals surface area contributed by atoms with Crippen molar-refractivity contribution in [1.82, 2.24) is 0 Å². The minimum atomic E-state index is -1.65. The second-order valence-corrected chi connectivity index (χ2v) is 7.57. The predicted molar refractivity (Wildman–Crippen MR) is 122 cm³/mol. The average Bonchev–Trinajstić information content (AvgIpc) is 2.85. The van der Waals surface area contributed by atoms with Crippen molar-refractivity contribution in [2.24, 2.45) is 0 Å². The normalized spacial score (nSPS) is 14.5. The van der Waals surface area contributed by atoms with E-state index in [0.29, 0.717) is 6.61 Å². The molecule has 0 saturated heterocycles. The molecule has 2 aromatic rings. The Morgan fingerprint density at radius 1 is 0.912 bits per heavy atom. The first kappa shape index (κ1) is 27.3. The van der Waals surface area contributed by atoms with Crippen LogP contribution in [0.5, 0.6) is 5.75 Å². The molecule has 0 heterocycles. The smallest absolute Gasteiger partial charge is 0.350 e. The molecular formula is C25H32O9. The van der Waals surface area contributed by atoms with E-state index >= 15 is 0 Å². The third kappa shape index (κ3) is 8.75. The van der Waals surface area contributed by atoms with E-state index < -0.39 is 42.8 Å². The molecule has 2 rings (SSSR count). The lowest BCUT2D eigenvalue weighted by Crippen LogP contribution is -2.43. The minimum Gasteiger partial charge on any atom is -0.497 e. The summed E-state index contributed by atoms with van der Waals surface area (Å²) in [7, 11) is 1.58. The quantitative estimate of drug-likeness (QED) is 0.276. The second kappa shape index (κ2) is 14.3. The zero-order valence-corrected chi connectivity index (χ0v) is 19.3. The second-order valence-electron chi connectivity index (χ2n) is 7.57. The first-order valence-electron chi connectivity index (χ1n) is 11.0. The number of carbonyl (C=O) groups is 2. The minimum absolute atomic E-state index is 0.0155. The Morgan fingerprint density at radius 2 is 1.59 bits per heavy atom. The van der Waals surface area contributed by atoms with Crippen molar-refractivity contribution < 1.29 is 43.9 Å². The lowest BCUT2D eigenvalue weighted by Gasteiger charge is -2.25. The third-order valence-corrected chi connectivity index (χ3v) is 5.02. The summed E-state index contributed by atoms with van der Waals surface area (Å²) in [5.41, 5.74) is 1.11. The van der Waals surface area contributed by atoms with Gasteiger partial charge >= 0.3 is 11.9 Å². The highest BCUT2D eigenvalue weighted by atomic mass is 16.6. The standard InChI is InChI=1S/C25H32O9/c1-3-33-25(30)23(34-24(29)18-7-5-4-6-8-18)22(28)15-21(27)20(26)13-14-32-16-17-9-11-19(31-2)12-10-17/h4-12,20-23,26-28H,3,13-16H2,1-2H3/t20-,21-,22+,23-/m1/s1. The van der Waals surface area contributed by atoms with Gasteiger partial charge in [0, 0.05) is 13.0 Å². The van der Waals surface area contributed by atoms with Crippen molar-refractivity contribution in [2.75, 3.05) is 20.3 Å². The van der Waals surface area contributed by atoms with Crippen LogP contribution in [0, 0.1) is 0 Å². The van der Waals surface area contributed by atoms with E-state index in [1.54, 1.807) is 32.2 Å². The molecular weight excluding hydrogens is 444 g/mol. The summed E-state index contributed by atoms with van der Waals surface area (Å²) in [5.74, 6) is -1.03. The van der Waals surface area contributed by atoms with Crippen LogP contribution >= 0.6 is 0 Å². The van der Waals surface area contributed by atoms with Crippen molar-refractivity contribution in [2.45, 2.75) is 50.8 Å². The van der Waals surface area contributed by atoms with Crippen LogP contribution in [-0.4, -0.2) is 72.0 Å². The van der Waals surface area contributed by atoms with E-state index in [4.69, 9.17) is 18.9 Å². The third-order valence-electron chi connectivity index (χ3n) is 5.02. The fraction of sp³-hybridized carbons (Fsp3) is 0.440. The highest BCUT2D eigenvalue weighted by Crippen LogP contribution is 2.16. The summed E-state index contributed by atoms with van der Waals surface area (Å²) in [6, 6.07) is 15.3. The van der Waals surface area contributed by atoms with Crippen LogP contribution in [0.3, 0.4) is 0 Å². The van der Waals surface area contributed by atoms with E-state index in [1.807, 2.05) is 24.3 Å². The van der Waals surface area contributed by atoms with Crippen LogP contribution in [0.2, 0.25) is 0 Å². The summed E-state index contributed by atoms with van der Waals surface area (Å²) < 4.78 is 20.7. The molecule has 2 aromatic carbocycles. The van der Waals surface area contributed by atoms with Crippen molar-refractivity contribution in [3.05, 3.63) is 65.7 Å². The lowest BCUT2D eigenvalue weighted by molar-refractivity contribution is -0.161. The van der Waals surface area contributed by atoms with Crippen LogP contribution in [0.25, 0.3) is 0 Å². The van der Waals surface area contributed by atoms with Crippen LogP contribution in [0.4, 0.5) is 0 Å². The van der Waals surface area contributed by atoms with Crippen LogP contribution < -0.4 is 4.74 Å². The molecule has 0 aliphatic carbocycles. The van der Waals surface area contributed by atoms with Crippen molar-refractivity contribution in [1.29, 1.82) is 0 Å². The Hall–Kier alpha value is -2.98. The van der Waals surface area contributed by atoms with Gasteiger partial charge in [0.15, 0.2) is 0 Å². The molecule has 3 N–H and O–H groups in total. The van der Waals surface area contributed by atoms with Gasteiger partial charge in [-0.3, -0.25) is 0 Å². The number of aliphatic hydroxyl groups is 3. The highest BCUT2D eigenvalue weighted by molar-refractivity contribution is 5.91. The summed E-state index contributed by atoms with van der Waals surface area (Å²) >= 11 is 0. The molecule has 4 atom stereocenters. The fourth-order valence-electron chi connectivity index (χ4n) is 3.10. The lowest BCUT2D eigenvalue weighted by atomic mass is 10.0. The summed E-state index contributed by atoms with van der Waals surface area (Å²) in [5, 5.41) is 31.0. The van der Waals surface area contributed by atoms with Gasteiger partial charge in [-0.2, -0.15) is 0 Å². The molecule has 0 aromatic heterocycles. The summed E-state index contributed by atoms with van der Waals surface area (Å²) in [6.45, 7) is 2.06. The number of methoxy groups -OCH3 is 1. The van der Waals surface area contributed by atoms with Gasteiger partial charge in [0.05, 0.1) is 38.1 Å². The number of esters is 2. The van der Waals surface area contributed by atoms with Gasteiger partial charge in [-0.1, -0.05) is 30.3 Å². The van der Waals surface area contributed by atoms with Gasteiger partial charge in [0.1, 0.15) is 11.9 Å². The van der Waals surface area contributed by atoms with Crippen LogP contribution in [-0.2, 0) is 25.6 Å². The SMILES string of the molecule is CCOC(=O)[C@H](OC(=O)c1ccccc1)[C@@H](O)C[C@@H](O)[C@H](O)CCOCc1ccc(OC)cc1. The Labute approximate surface area is 198 Å². The molecule has 0 aliphatic rings. The van der Waals surface area contributed by atoms with Crippen LogP contribution in [0.1, 0.15) is 35.7 Å². The van der Waals surface area contributed by atoms with Gasteiger partial charge in [-0.05, 0) is 43.2 Å². The Bertz CT molecular complexity index is 870. The number of rotatable bonds is 14. The number of benzene rings is 2. The fourth-order valence-corrected chi connectivity index (χ4v) is 3.10. The summed E-state index contributed by atoms with van der Waals surface area (Å²) in [4.78, 5) is 24.6. The highest BCUT2D eigenvalue weighted by Gasteiger charge is 2.35. The predicted octanol–water partition coefficient (Wildman–Crippen LogP) is 1.86. The molecule has 0 bridgehead atoms. The van der Waals surface area contributed by atoms with Crippen molar-refractivity contribution in [3.63, 3.8) is 0 Å². The van der Waals surface area contributed by atoms with Gasteiger partial charge in [-0.25, -0.2) is 9.59 Å². The van der Waals surface area contributed by atoms with Crippen LogP contribution in [0.15, 0.2) is 54.6 Å². The van der Waals surface area contributed by atoms with Crippen molar-refractivity contribution >= 4 is 11.9 Å². The first-order valence-corrected chi connectivity index (χ1v) is 11.0. The molecule has 0 radical (unpaired) electrons. The van der Waals surface area contributed by atoms with E-state index in [1.165, 1.54) is 12.1 Å².